The Morgan fingerprint density at radius 1 is 1.05 bits per heavy atom. The minimum absolute atomic E-state index is 0.0373. The first kappa shape index (κ1) is 21.4. The van der Waals surface area contributed by atoms with Crippen LogP contribution in [0.5, 0.6) is 5.75 Å². The summed E-state index contributed by atoms with van der Waals surface area (Å²) in [7, 11) is -7.18. The molecule has 1 heterocycles. The number of carbonyl (C=O) groups is 2. The standard InChI is InChI=1S/C31H33N3O6S/c1-20-8-4-7-11-29(20)41(37,38)33-30(35)22-13-12-21(28(17-22)39-3)16-23-19-34(2)27-15-14-24(18-26(23)27)32-31(36)40-25-9-5-6-10-25/h4,7-8,11-15,17-19,25H,5-6,9-10,16H2,1-3H3,(H,32,36)(H,33,35)/i2D3,3+1D3. The largest absolute Gasteiger partial charge is 0.496 e. The first-order valence-electron chi connectivity index (χ1n) is 16.1. The lowest BCUT2D eigenvalue weighted by Gasteiger charge is -2.13. The van der Waals surface area contributed by atoms with Crippen LogP contribution in [0.15, 0.2) is 71.8 Å². The van der Waals surface area contributed by atoms with Crippen molar-refractivity contribution >= 4 is 38.6 Å². The quantitative estimate of drug-likeness (QED) is 0.258. The maximum absolute atomic E-state index is 13.1. The summed E-state index contributed by atoms with van der Waals surface area (Å²) >= 11 is 0. The fourth-order valence-corrected chi connectivity index (χ4v) is 6.28. The molecule has 1 saturated carbocycles. The zero-order chi connectivity index (χ0) is 34.1. The Morgan fingerprint density at radius 2 is 1.85 bits per heavy atom. The predicted molar refractivity (Wildman–Crippen MR) is 157 cm³/mol. The zero-order valence-corrected chi connectivity index (χ0v) is 23.1. The molecule has 214 valence electrons. The molecule has 0 aliphatic heterocycles. The summed E-state index contributed by atoms with van der Waals surface area (Å²) in [5.74, 6) is -1.23. The van der Waals surface area contributed by atoms with Crippen molar-refractivity contribution in [1.29, 1.82) is 0 Å². The second kappa shape index (κ2) is 11.7. The van der Waals surface area contributed by atoms with Crippen molar-refractivity contribution in [2.45, 2.75) is 50.0 Å². The molecule has 0 radical (unpaired) electrons. The maximum Gasteiger partial charge on any atom is 0.411 e. The molecule has 10 heteroatoms. The Bertz CT molecular complexity index is 1930. The molecule has 0 spiro atoms. The van der Waals surface area contributed by atoms with Gasteiger partial charge in [0.15, 0.2) is 0 Å². The number of rotatable bonds is 8. The third-order valence-corrected chi connectivity index (χ3v) is 8.63. The molecule has 1 aliphatic carbocycles. The molecule has 0 unspecified atom stereocenters. The number of nitrogens with zero attached hydrogens (tertiary/aromatic N) is 1. The Kier molecular flexibility index (Phi) is 6.10. The van der Waals surface area contributed by atoms with E-state index in [0.717, 1.165) is 36.3 Å². The van der Waals surface area contributed by atoms with Crippen LogP contribution in [0.4, 0.5) is 10.5 Å². The van der Waals surface area contributed by atoms with Gasteiger partial charge in [-0.15, -0.1) is 0 Å². The van der Waals surface area contributed by atoms with Crippen molar-refractivity contribution in [2.24, 2.45) is 6.98 Å². The molecule has 1 aliphatic rings. The van der Waals surface area contributed by atoms with Crippen LogP contribution < -0.4 is 14.8 Å². The average Bonchev–Trinajstić information content (AvgIpc) is 3.60. The van der Waals surface area contributed by atoms with E-state index < -0.39 is 36.0 Å². The minimum Gasteiger partial charge on any atom is -0.496 e. The van der Waals surface area contributed by atoms with Crippen molar-refractivity contribution in [2.75, 3.05) is 12.4 Å². The smallest absolute Gasteiger partial charge is 0.411 e. The number of methoxy groups -OCH3 is 1. The molecule has 0 saturated heterocycles. The van der Waals surface area contributed by atoms with Gasteiger partial charge in [-0.25, -0.2) is 17.9 Å². The van der Waals surface area contributed by atoms with E-state index in [4.69, 9.17) is 17.7 Å². The molecular formula is C31H33N3O6S. The number of carbonyl (C=O) groups excluding carboxylic acids is 2. The van der Waals surface area contributed by atoms with Crippen LogP contribution in [0.2, 0.25) is 0 Å². The summed E-state index contributed by atoms with van der Waals surface area (Å²) in [6.07, 6.45) is 4.15. The van der Waals surface area contributed by atoms with Crippen molar-refractivity contribution in [1.82, 2.24) is 9.29 Å². The van der Waals surface area contributed by atoms with E-state index in [2.05, 4.69) is 5.32 Å². The summed E-state index contributed by atoms with van der Waals surface area (Å²) in [6.45, 7) is -0.976. The first-order valence-corrected chi connectivity index (χ1v) is 14.6. The highest BCUT2D eigenvalue weighted by Gasteiger charge is 2.22. The normalized spacial score (nSPS) is 16.5. The lowest BCUT2D eigenvalue weighted by Crippen LogP contribution is -2.31. The molecule has 9 nitrogen and oxygen atoms in total. The first-order chi connectivity index (χ1) is 22.0. The SMILES string of the molecule is [2H]C([2H])([2H])n1cc(Cc2ccc(C(=O)NS(=O)(=O)c3ccccc3C)cc2O[13C]([2H])([2H])[2H])c2cc(NC(=O)OC3CCCC3)ccc21. The van der Waals surface area contributed by atoms with E-state index in [1.54, 1.807) is 37.3 Å². The summed E-state index contributed by atoms with van der Waals surface area (Å²) in [5, 5.41) is 3.16. The number of benzene rings is 3. The van der Waals surface area contributed by atoms with E-state index in [1.165, 1.54) is 30.5 Å². The maximum atomic E-state index is 13.1. The van der Waals surface area contributed by atoms with Crippen molar-refractivity contribution in [3.63, 3.8) is 0 Å². The number of sulfonamides is 1. The summed E-state index contributed by atoms with van der Waals surface area (Å²) in [6, 6.07) is 14.7. The summed E-state index contributed by atoms with van der Waals surface area (Å²) in [5.41, 5.74) is 1.69. The van der Waals surface area contributed by atoms with Crippen molar-refractivity contribution < 1.29 is 35.7 Å². The molecule has 41 heavy (non-hydrogen) atoms. The number of hydrogen-bond donors (Lipinski definition) is 2. The molecule has 0 atom stereocenters. The fourth-order valence-electron chi connectivity index (χ4n) is 5.06. The van der Waals surface area contributed by atoms with E-state index in [-0.39, 0.29) is 34.3 Å². The number of amides is 2. The van der Waals surface area contributed by atoms with E-state index in [1.807, 2.05) is 4.72 Å². The molecule has 0 bridgehead atoms. The number of nitrogens with one attached hydrogen (secondary N) is 2. The predicted octanol–water partition coefficient (Wildman–Crippen LogP) is 5.70. The lowest BCUT2D eigenvalue weighted by atomic mass is 10.0. The number of aryl methyl sites for hydroxylation is 2. The summed E-state index contributed by atoms with van der Waals surface area (Å²) in [4.78, 5) is 25.5. The van der Waals surface area contributed by atoms with Gasteiger partial charge in [-0.3, -0.25) is 10.1 Å². The highest BCUT2D eigenvalue weighted by atomic mass is 32.2. The van der Waals surface area contributed by atoms with Gasteiger partial charge in [-0.2, -0.15) is 0 Å². The van der Waals surface area contributed by atoms with Gasteiger partial charge in [0, 0.05) is 45.9 Å². The molecule has 2 N–H and O–H groups in total. The van der Waals surface area contributed by atoms with Crippen molar-refractivity contribution in [3.05, 3.63) is 89.1 Å². The summed E-state index contributed by atoms with van der Waals surface area (Å²) < 4.78 is 86.8. The lowest BCUT2D eigenvalue weighted by molar-refractivity contribution is 0.0980. The Labute approximate surface area is 247 Å². The van der Waals surface area contributed by atoms with E-state index in [0.29, 0.717) is 27.7 Å². The highest BCUT2D eigenvalue weighted by Crippen LogP contribution is 2.30. The second-order valence-corrected chi connectivity index (χ2v) is 11.6. The van der Waals surface area contributed by atoms with Crippen LogP contribution >= 0.6 is 0 Å². The third-order valence-electron chi connectivity index (χ3n) is 7.14. The van der Waals surface area contributed by atoms with Gasteiger partial charge in [0.2, 0.25) is 0 Å². The minimum atomic E-state index is -4.25. The fraction of sp³-hybridized carbons (Fsp3) is 0.290. The molecular weight excluding hydrogens is 543 g/mol. The molecule has 1 aromatic heterocycles. The van der Waals surface area contributed by atoms with E-state index in [9.17, 15) is 18.0 Å². The van der Waals surface area contributed by atoms with Gasteiger partial charge in [-0.05, 0) is 85.7 Å². The van der Waals surface area contributed by atoms with Crippen LogP contribution in [0.1, 0.15) is 61.0 Å². The molecule has 2 amide bonds. The van der Waals surface area contributed by atoms with Crippen LogP contribution in [-0.2, 0) is 28.2 Å². The number of hydrogen-bond acceptors (Lipinski definition) is 6. The van der Waals surface area contributed by atoms with Gasteiger partial charge in [0.25, 0.3) is 15.9 Å². The highest BCUT2D eigenvalue weighted by molar-refractivity contribution is 7.90. The van der Waals surface area contributed by atoms with Gasteiger partial charge >= 0.3 is 6.09 Å². The average molecular weight is 583 g/mol. The number of anilines is 1. The molecule has 5 rings (SSSR count). The Morgan fingerprint density at radius 3 is 2.61 bits per heavy atom. The monoisotopic (exact) mass is 582 g/mol. The number of aromatic nitrogens is 1. The van der Waals surface area contributed by atoms with Crippen LogP contribution in [0.3, 0.4) is 0 Å². The molecule has 1 fully saturated rings. The van der Waals surface area contributed by atoms with Crippen molar-refractivity contribution in [3.8, 4) is 5.75 Å². The third kappa shape index (κ3) is 6.22. The topological polar surface area (TPSA) is 116 Å². The van der Waals surface area contributed by atoms with Gasteiger partial charge in [0.05, 0.1) is 16.0 Å². The van der Waals surface area contributed by atoms with Crippen LogP contribution in [0, 0.1) is 6.92 Å². The van der Waals surface area contributed by atoms with Crippen LogP contribution in [0.25, 0.3) is 10.9 Å². The van der Waals surface area contributed by atoms with E-state index >= 15 is 0 Å². The number of ether oxygens (including phenoxy) is 2. The zero-order valence-electron chi connectivity index (χ0n) is 28.3. The van der Waals surface area contributed by atoms with Crippen LogP contribution in [-0.4, -0.2) is 38.1 Å². The Hall–Kier alpha value is -4.31. The van der Waals surface area contributed by atoms with Gasteiger partial charge in [-0.1, -0.05) is 24.3 Å². The van der Waals surface area contributed by atoms with Gasteiger partial charge < -0.3 is 14.0 Å². The second-order valence-electron chi connectivity index (χ2n) is 9.99. The molecule has 3 aromatic carbocycles. The molecule has 4 aromatic rings. The van der Waals surface area contributed by atoms with Gasteiger partial charge in [0.1, 0.15) is 11.9 Å². The Balaban J connectivity index is 1.48. The number of fused-ring (bicyclic) bond motifs is 1.